The Morgan fingerprint density at radius 3 is 2.95 bits per heavy atom. The number of ether oxygens (including phenoxy) is 2. The van der Waals surface area contributed by atoms with Gasteiger partial charge in [0, 0.05) is 13.2 Å². The first kappa shape index (κ1) is 12.9. The Kier molecular flexibility index (Phi) is 3.22. The Morgan fingerprint density at radius 2 is 2.26 bits per heavy atom. The predicted octanol–water partition coefficient (Wildman–Crippen LogP) is -0.670. The number of carbonyl (C=O) groups excluding carboxylic acids is 1. The van der Waals surface area contributed by atoms with Gasteiger partial charge in [-0.15, -0.1) is 0 Å². The second kappa shape index (κ2) is 4.75. The minimum atomic E-state index is -0.634. The minimum Gasteiger partial charge on any atom is -0.388 e. The fraction of sp³-hybridized carbons (Fsp3) is 0.636. The summed E-state index contributed by atoms with van der Waals surface area (Å²) in [4.78, 5) is 12.1. The van der Waals surface area contributed by atoms with Crippen molar-refractivity contribution in [3.05, 3.63) is 16.9 Å². The monoisotopic (exact) mass is 287 g/mol. The highest BCUT2D eigenvalue weighted by atomic mass is 35.5. The summed E-state index contributed by atoms with van der Waals surface area (Å²) in [5.74, 6) is -0.371. The molecule has 1 amide bonds. The lowest BCUT2D eigenvalue weighted by Crippen LogP contribution is -2.44. The lowest BCUT2D eigenvalue weighted by Gasteiger charge is -2.16. The van der Waals surface area contributed by atoms with Crippen LogP contribution in [0.5, 0.6) is 0 Å². The molecule has 4 atom stereocenters. The molecule has 19 heavy (non-hydrogen) atoms. The Bertz CT molecular complexity index is 506. The van der Waals surface area contributed by atoms with E-state index in [0.717, 1.165) is 0 Å². The van der Waals surface area contributed by atoms with Gasteiger partial charge in [0.2, 0.25) is 0 Å². The van der Waals surface area contributed by atoms with E-state index in [9.17, 15) is 9.90 Å². The molecular weight excluding hydrogens is 274 g/mol. The average Bonchev–Trinajstić information content (AvgIpc) is 2.99. The van der Waals surface area contributed by atoms with Gasteiger partial charge in [0.05, 0.1) is 24.3 Å². The van der Waals surface area contributed by atoms with E-state index in [0.29, 0.717) is 11.6 Å². The smallest absolute Gasteiger partial charge is 0.273 e. The lowest BCUT2D eigenvalue weighted by molar-refractivity contribution is 0.0178. The second-order valence-corrected chi connectivity index (χ2v) is 5.15. The molecule has 2 N–H and O–H groups in total. The van der Waals surface area contributed by atoms with Crippen LogP contribution in [0.1, 0.15) is 10.5 Å². The summed E-state index contributed by atoms with van der Waals surface area (Å²) in [6, 6.07) is -0.298. The number of hydrogen-bond acceptors (Lipinski definition) is 5. The van der Waals surface area contributed by atoms with E-state index in [1.165, 1.54) is 4.68 Å². The third kappa shape index (κ3) is 2.23. The summed E-state index contributed by atoms with van der Waals surface area (Å²) < 4.78 is 12.3. The molecule has 0 aromatic carbocycles. The Hall–Kier alpha value is -1.15. The number of rotatable bonds is 2. The largest absolute Gasteiger partial charge is 0.388 e. The van der Waals surface area contributed by atoms with Crippen LogP contribution in [0.15, 0.2) is 6.20 Å². The van der Waals surface area contributed by atoms with Crippen molar-refractivity contribution >= 4 is 17.5 Å². The van der Waals surface area contributed by atoms with E-state index in [2.05, 4.69) is 10.4 Å². The van der Waals surface area contributed by atoms with Crippen molar-refractivity contribution in [2.24, 2.45) is 7.05 Å². The summed E-state index contributed by atoms with van der Waals surface area (Å²) in [6.07, 6.45) is 0.233. The fourth-order valence-corrected chi connectivity index (χ4v) is 2.72. The van der Waals surface area contributed by atoms with E-state index in [-0.39, 0.29) is 36.5 Å². The summed E-state index contributed by atoms with van der Waals surface area (Å²) in [7, 11) is 1.69. The molecule has 1 aromatic rings. The van der Waals surface area contributed by atoms with Crippen molar-refractivity contribution in [1.29, 1.82) is 0 Å². The molecular formula is C11H14ClN3O4. The maximum Gasteiger partial charge on any atom is 0.273 e. The van der Waals surface area contributed by atoms with Crippen LogP contribution in [-0.4, -0.2) is 58.4 Å². The van der Waals surface area contributed by atoms with Crippen LogP contribution in [0.25, 0.3) is 0 Å². The molecule has 0 aliphatic carbocycles. The molecule has 7 nitrogen and oxygen atoms in total. The maximum absolute atomic E-state index is 12.1. The van der Waals surface area contributed by atoms with E-state index in [4.69, 9.17) is 21.1 Å². The molecule has 1 aromatic heterocycles. The number of nitrogens with zero attached hydrogens (tertiary/aromatic N) is 2. The van der Waals surface area contributed by atoms with Crippen LogP contribution in [0.3, 0.4) is 0 Å². The van der Waals surface area contributed by atoms with Gasteiger partial charge in [-0.25, -0.2) is 0 Å². The van der Waals surface area contributed by atoms with Gasteiger partial charge < -0.3 is 19.9 Å². The zero-order valence-corrected chi connectivity index (χ0v) is 11.0. The van der Waals surface area contributed by atoms with E-state index >= 15 is 0 Å². The highest BCUT2D eigenvalue weighted by molar-refractivity contribution is 6.33. The van der Waals surface area contributed by atoms with Crippen LogP contribution in [0.4, 0.5) is 0 Å². The number of aromatic nitrogens is 2. The molecule has 0 spiro atoms. The van der Waals surface area contributed by atoms with Crippen molar-refractivity contribution in [2.45, 2.75) is 24.4 Å². The van der Waals surface area contributed by atoms with Crippen molar-refractivity contribution in [3.8, 4) is 0 Å². The number of carbonyl (C=O) groups is 1. The number of halogens is 1. The van der Waals surface area contributed by atoms with Gasteiger partial charge in [-0.1, -0.05) is 11.6 Å². The Labute approximate surface area is 114 Å². The molecule has 3 rings (SSSR count). The van der Waals surface area contributed by atoms with E-state index in [1.807, 2.05) is 0 Å². The number of hydrogen-bond donors (Lipinski definition) is 2. The molecule has 2 saturated heterocycles. The van der Waals surface area contributed by atoms with Gasteiger partial charge in [0.1, 0.15) is 18.3 Å². The standard InChI is InChI=1S/C11H14ClN3O4/c1-15-2-5(12)8(14-15)11(17)13-6-3-18-10-7(16)4-19-9(6)10/h2,6-7,9-10,16H,3-4H2,1H3,(H,13,17)/t6-,7+,9+,10+/m0/s1. The van der Waals surface area contributed by atoms with Crippen LogP contribution < -0.4 is 5.32 Å². The number of aryl methyl sites for hydroxylation is 1. The Balaban J connectivity index is 1.69. The maximum atomic E-state index is 12.1. The SMILES string of the molecule is Cn1cc(Cl)c(C(=O)N[C@H]2CO[C@H]3[C@@H]2OC[C@H]3O)n1. The normalized spacial score (nSPS) is 33.4. The average molecular weight is 288 g/mol. The second-order valence-electron chi connectivity index (χ2n) is 4.74. The van der Waals surface area contributed by atoms with Gasteiger partial charge >= 0.3 is 0 Å². The third-order valence-corrected chi connectivity index (χ3v) is 3.62. The van der Waals surface area contributed by atoms with Crippen LogP contribution in [-0.2, 0) is 16.5 Å². The summed E-state index contributed by atoms with van der Waals surface area (Å²) >= 11 is 5.91. The van der Waals surface area contributed by atoms with Gasteiger partial charge in [0.15, 0.2) is 5.69 Å². The first-order chi connectivity index (χ1) is 9.06. The van der Waals surface area contributed by atoms with Crippen molar-refractivity contribution < 1.29 is 19.4 Å². The molecule has 0 unspecified atom stereocenters. The topological polar surface area (TPSA) is 85.6 Å². The van der Waals surface area contributed by atoms with E-state index in [1.54, 1.807) is 13.2 Å². The summed E-state index contributed by atoms with van der Waals surface area (Å²) in [5, 5.41) is 16.7. The molecule has 2 fully saturated rings. The minimum absolute atomic E-state index is 0.172. The fourth-order valence-electron chi connectivity index (χ4n) is 2.45. The predicted molar refractivity (Wildman–Crippen MR) is 65.0 cm³/mol. The molecule has 0 bridgehead atoms. The molecule has 0 radical (unpaired) electrons. The zero-order chi connectivity index (χ0) is 13.6. The molecule has 2 aliphatic rings. The number of aliphatic hydroxyl groups excluding tert-OH is 1. The summed E-state index contributed by atoms with van der Waals surface area (Å²) in [6.45, 7) is 0.536. The zero-order valence-electron chi connectivity index (χ0n) is 10.2. The molecule has 8 heteroatoms. The van der Waals surface area contributed by atoms with Gasteiger partial charge in [0.25, 0.3) is 5.91 Å². The van der Waals surface area contributed by atoms with E-state index < -0.39 is 6.10 Å². The highest BCUT2D eigenvalue weighted by Gasteiger charge is 2.47. The van der Waals surface area contributed by atoms with Crippen molar-refractivity contribution in [2.75, 3.05) is 13.2 Å². The molecule has 104 valence electrons. The number of nitrogens with one attached hydrogen (secondary N) is 1. The van der Waals surface area contributed by atoms with Gasteiger partial charge in [-0.3, -0.25) is 9.48 Å². The molecule has 0 saturated carbocycles. The number of fused-ring (bicyclic) bond motifs is 1. The van der Waals surface area contributed by atoms with Crippen LogP contribution in [0, 0.1) is 0 Å². The lowest BCUT2D eigenvalue weighted by atomic mass is 10.1. The van der Waals surface area contributed by atoms with Crippen molar-refractivity contribution in [3.63, 3.8) is 0 Å². The molecule has 2 aliphatic heterocycles. The van der Waals surface area contributed by atoms with Gasteiger partial charge in [-0.2, -0.15) is 5.10 Å². The highest BCUT2D eigenvalue weighted by Crippen LogP contribution is 2.27. The van der Waals surface area contributed by atoms with Gasteiger partial charge in [-0.05, 0) is 0 Å². The van der Waals surface area contributed by atoms with Crippen LogP contribution in [0.2, 0.25) is 5.02 Å². The third-order valence-electron chi connectivity index (χ3n) is 3.34. The first-order valence-electron chi connectivity index (χ1n) is 5.97. The first-order valence-corrected chi connectivity index (χ1v) is 6.35. The van der Waals surface area contributed by atoms with Crippen molar-refractivity contribution in [1.82, 2.24) is 15.1 Å². The quantitative estimate of drug-likeness (QED) is 0.753. The Morgan fingerprint density at radius 1 is 1.53 bits per heavy atom. The summed E-state index contributed by atoms with van der Waals surface area (Å²) in [5.41, 5.74) is 0.172. The van der Waals surface area contributed by atoms with Crippen LogP contribution >= 0.6 is 11.6 Å². The molecule has 3 heterocycles. The number of aliphatic hydroxyl groups is 1. The number of amides is 1.